The standard InChI is InChI=1S/C33H22F12N2O5S2/c34-30(35,36)21-11-22(31(37,38)39)14-26(13-21)53(49,50)46-17-25(48)18-47(29(20-9-5-2-6-10-20)28(46)19-7-3-1-4-8-19)54(51,52)27-15-23(32(40,41)42)12-24(16-27)33(43,44)45/h1-16,28-29H,17-18H2/t28-,29-/m0/s1. The summed E-state index contributed by atoms with van der Waals surface area (Å²) in [5.41, 5.74) is -8.67. The van der Waals surface area contributed by atoms with Gasteiger partial charge in [0.05, 0.1) is 57.2 Å². The average Bonchev–Trinajstić information content (AvgIpc) is 3.24. The van der Waals surface area contributed by atoms with E-state index in [-0.39, 0.29) is 56.1 Å². The van der Waals surface area contributed by atoms with Gasteiger partial charge in [0.2, 0.25) is 20.0 Å². The lowest BCUT2D eigenvalue weighted by Crippen LogP contribution is -2.43. The molecule has 1 heterocycles. The molecule has 0 spiro atoms. The van der Waals surface area contributed by atoms with Crippen molar-refractivity contribution < 1.29 is 74.3 Å². The number of carbonyl (C=O) groups excluding carboxylic acids is 1. The predicted molar refractivity (Wildman–Crippen MR) is 164 cm³/mol. The van der Waals surface area contributed by atoms with Crippen LogP contribution in [0.2, 0.25) is 0 Å². The van der Waals surface area contributed by atoms with Crippen LogP contribution in [-0.2, 0) is 49.5 Å². The zero-order valence-electron chi connectivity index (χ0n) is 26.6. The van der Waals surface area contributed by atoms with E-state index in [9.17, 15) is 74.3 Å². The van der Waals surface area contributed by atoms with E-state index in [0.717, 1.165) is 24.3 Å². The van der Waals surface area contributed by atoms with Crippen LogP contribution in [0, 0.1) is 0 Å². The zero-order chi connectivity index (χ0) is 40.2. The van der Waals surface area contributed by atoms with E-state index in [0.29, 0.717) is 0 Å². The van der Waals surface area contributed by atoms with E-state index in [1.165, 1.54) is 36.4 Å². The van der Waals surface area contributed by atoms with Gasteiger partial charge in [0.1, 0.15) is 0 Å². The molecule has 0 aliphatic carbocycles. The zero-order valence-corrected chi connectivity index (χ0v) is 28.2. The lowest BCUT2D eigenvalue weighted by atomic mass is 9.93. The Kier molecular flexibility index (Phi) is 10.5. The molecule has 5 rings (SSSR count). The lowest BCUT2D eigenvalue weighted by Gasteiger charge is -2.38. The Labute approximate surface area is 298 Å². The van der Waals surface area contributed by atoms with E-state index >= 15 is 0 Å². The molecule has 0 radical (unpaired) electrons. The molecule has 1 aliphatic rings. The number of carbonyl (C=O) groups is 1. The smallest absolute Gasteiger partial charge is 0.297 e. The monoisotopic (exact) mass is 818 g/mol. The summed E-state index contributed by atoms with van der Waals surface area (Å²) in [7, 11) is -11.4. The van der Waals surface area contributed by atoms with Crippen LogP contribution in [0.15, 0.2) is 107 Å². The molecule has 2 atom stereocenters. The molecule has 0 bridgehead atoms. The summed E-state index contributed by atoms with van der Waals surface area (Å²) in [6.07, 6.45) is -22.1. The number of alkyl halides is 12. The molecule has 1 saturated heterocycles. The number of Topliss-reactive ketones (excluding diaryl/α,β-unsaturated/α-hetero) is 1. The molecule has 4 aromatic carbocycles. The molecule has 1 aliphatic heterocycles. The number of rotatable bonds is 6. The molecule has 4 aromatic rings. The molecular weight excluding hydrogens is 796 g/mol. The van der Waals surface area contributed by atoms with Gasteiger partial charge in [-0.1, -0.05) is 60.7 Å². The van der Waals surface area contributed by atoms with E-state index < -0.39 is 108 Å². The maximum absolute atomic E-state index is 14.4. The predicted octanol–water partition coefficient (Wildman–Crippen LogP) is 8.51. The summed E-state index contributed by atoms with van der Waals surface area (Å²) < 4.78 is 224. The van der Waals surface area contributed by atoms with Crippen molar-refractivity contribution in [2.75, 3.05) is 13.1 Å². The third kappa shape index (κ3) is 8.27. The van der Waals surface area contributed by atoms with Crippen molar-refractivity contribution in [3.05, 3.63) is 130 Å². The first-order chi connectivity index (χ1) is 24.7. The quantitative estimate of drug-likeness (QED) is 0.182. The van der Waals surface area contributed by atoms with Crippen molar-refractivity contribution in [2.45, 2.75) is 46.6 Å². The highest BCUT2D eigenvalue weighted by Gasteiger charge is 2.50. The molecule has 0 unspecified atom stereocenters. The fourth-order valence-corrected chi connectivity index (χ4v) is 9.14. The van der Waals surface area contributed by atoms with Crippen molar-refractivity contribution in [1.29, 1.82) is 0 Å². The third-order valence-electron chi connectivity index (χ3n) is 8.20. The van der Waals surface area contributed by atoms with Crippen molar-refractivity contribution >= 4 is 25.8 Å². The molecule has 0 saturated carbocycles. The van der Waals surface area contributed by atoms with Gasteiger partial charge in [-0.25, -0.2) is 16.8 Å². The van der Waals surface area contributed by atoms with Crippen LogP contribution in [0.25, 0.3) is 0 Å². The number of hydrogen-bond acceptors (Lipinski definition) is 5. The van der Waals surface area contributed by atoms with E-state index in [1.54, 1.807) is 0 Å². The van der Waals surface area contributed by atoms with Gasteiger partial charge >= 0.3 is 24.7 Å². The largest absolute Gasteiger partial charge is 0.416 e. The van der Waals surface area contributed by atoms with Crippen molar-refractivity contribution in [3.63, 3.8) is 0 Å². The van der Waals surface area contributed by atoms with Crippen molar-refractivity contribution in [3.8, 4) is 0 Å². The van der Waals surface area contributed by atoms with Crippen LogP contribution in [0.3, 0.4) is 0 Å². The SMILES string of the molecule is O=C1CN(S(=O)(=O)c2cc(C(F)(F)F)cc(C(F)(F)F)c2)[C@@H](c2ccccc2)[C@H](c2ccccc2)N(S(=O)(=O)c2cc(C(F)(F)F)cc(C(F)(F)F)c2)C1. The number of ketones is 1. The number of hydrogen-bond donors (Lipinski definition) is 0. The number of sulfonamides is 2. The molecule has 7 nitrogen and oxygen atoms in total. The molecule has 54 heavy (non-hydrogen) atoms. The Bertz CT molecular complexity index is 2040. The van der Waals surface area contributed by atoms with Gasteiger partial charge in [-0.05, 0) is 47.5 Å². The fourth-order valence-electron chi connectivity index (χ4n) is 5.80. The van der Waals surface area contributed by atoms with Gasteiger partial charge in [0, 0.05) is 0 Å². The molecule has 21 heteroatoms. The van der Waals surface area contributed by atoms with Crippen LogP contribution in [0.5, 0.6) is 0 Å². The van der Waals surface area contributed by atoms with E-state index in [4.69, 9.17) is 0 Å². The van der Waals surface area contributed by atoms with Crippen LogP contribution >= 0.6 is 0 Å². The summed E-state index contributed by atoms with van der Waals surface area (Å²) in [4.78, 5) is 10.4. The van der Waals surface area contributed by atoms with E-state index in [2.05, 4.69) is 0 Å². The van der Waals surface area contributed by atoms with Gasteiger partial charge < -0.3 is 0 Å². The number of benzene rings is 4. The average molecular weight is 819 g/mol. The maximum Gasteiger partial charge on any atom is 0.416 e. The van der Waals surface area contributed by atoms with Crippen LogP contribution in [-0.4, -0.2) is 44.3 Å². The van der Waals surface area contributed by atoms with Gasteiger partial charge in [-0.2, -0.15) is 61.3 Å². The van der Waals surface area contributed by atoms with Gasteiger partial charge in [0.25, 0.3) is 0 Å². The number of halogens is 12. The Balaban J connectivity index is 1.84. The normalized spacial score (nSPS) is 18.8. The topological polar surface area (TPSA) is 91.8 Å². The Morgan fingerprint density at radius 2 is 0.704 bits per heavy atom. The Morgan fingerprint density at radius 3 is 0.944 bits per heavy atom. The summed E-state index contributed by atoms with van der Waals surface area (Å²) >= 11 is 0. The highest BCUT2D eigenvalue weighted by Crippen LogP contribution is 2.47. The van der Waals surface area contributed by atoms with Crippen LogP contribution in [0.4, 0.5) is 52.7 Å². The van der Waals surface area contributed by atoms with Gasteiger partial charge in [-0.15, -0.1) is 0 Å². The fraction of sp³-hybridized carbons (Fsp3) is 0.242. The minimum Gasteiger partial charge on any atom is -0.297 e. The van der Waals surface area contributed by atoms with E-state index in [1.807, 2.05) is 0 Å². The van der Waals surface area contributed by atoms with Crippen molar-refractivity contribution in [1.82, 2.24) is 8.61 Å². The second-order valence-corrected chi connectivity index (χ2v) is 15.6. The highest BCUT2D eigenvalue weighted by molar-refractivity contribution is 7.89. The Morgan fingerprint density at radius 1 is 0.444 bits per heavy atom. The second kappa shape index (κ2) is 14.0. The summed E-state index contributed by atoms with van der Waals surface area (Å²) in [6, 6.07) is 7.01. The first kappa shape index (κ1) is 40.7. The first-order valence-corrected chi connectivity index (χ1v) is 17.8. The van der Waals surface area contributed by atoms with Gasteiger partial charge in [-0.3, -0.25) is 4.79 Å². The summed E-state index contributed by atoms with van der Waals surface area (Å²) in [6.45, 7) is -2.85. The summed E-state index contributed by atoms with van der Waals surface area (Å²) in [5.74, 6) is -1.41. The summed E-state index contributed by atoms with van der Waals surface area (Å²) in [5, 5.41) is 0. The van der Waals surface area contributed by atoms with Crippen molar-refractivity contribution in [2.24, 2.45) is 0 Å². The molecule has 0 aromatic heterocycles. The maximum atomic E-state index is 14.4. The highest BCUT2D eigenvalue weighted by atomic mass is 32.2. The number of nitrogens with zero attached hydrogens (tertiary/aromatic N) is 2. The third-order valence-corrected chi connectivity index (χ3v) is 11.8. The Hall–Kier alpha value is -4.47. The molecular formula is C33H22F12N2O5S2. The van der Waals surface area contributed by atoms with Crippen LogP contribution < -0.4 is 0 Å². The van der Waals surface area contributed by atoms with Gasteiger partial charge in [0.15, 0.2) is 5.78 Å². The lowest BCUT2D eigenvalue weighted by molar-refractivity contribution is -0.145. The minimum atomic E-state index is -5.71. The minimum absolute atomic E-state index is 0.130. The molecule has 1 fully saturated rings. The second-order valence-electron chi connectivity index (χ2n) is 11.8. The molecule has 0 amide bonds. The van der Waals surface area contributed by atoms with Crippen LogP contribution in [0.1, 0.15) is 45.5 Å². The molecule has 290 valence electrons. The molecule has 0 N–H and O–H groups in total. The first-order valence-electron chi connectivity index (χ1n) is 15.0.